The average Bonchev–Trinajstić information content (AvgIpc) is 2.41. The fraction of sp³-hybridized carbons (Fsp3) is 0.500. The molecule has 0 spiro atoms. The van der Waals surface area contributed by atoms with Gasteiger partial charge in [-0.25, -0.2) is 8.78 Å². The summed E-state index contributed by atoms with van der Waals surface area (Å²) < 4.78 is 26.5. The molecule has 1 aromatic rings. The summed E-state index contributed by atoms with van der Waals surface area (Å²) in [6.45, 7) is 4.78. The molecule has 2 rings (SSSR count). The fourth-order valence-corrected chi connectivity index (χ4v) is 2.60. The summed E-state index contributed by atoms with van der Waals surface area (Å²) in [6.07, 6.45) is 0.0467. The molecule has 1 aliphatic rings. The molecule has 2 N–H and O–H groups in total. The highest BCUT2D eigenvalue weighted by molar-refractivity contribution is 5.89. The first kappa shape index (κ1) is 20.3. The standard InChI is InChI=1S/C16H21F2N3O2.ClH/c1-10(2)20-15(22)8-14-16(23)21(4-3-19-14)9-11-5-12(17)7-13(18)6-11;/h5-7,10,14,19H,3-4,8-9H2,1-2H3,(H,20,22);1H. The van der Waals surface area contributed by atoms with Gasteiger partial charge >= 0.3 is 0 Å². The minimum absolute atomic E-state index is 0. The van der Waals surface area contributed by atoms with Crippen LogP contribution >= 0.6 is 12.4 Å². The van der Waals surface area contributed by atoms with Crippen molar-refractivity contribution in [1.82, 2.24) is 15.5 Å². The summed E-state index contributed by atoms with van der Waals surface area (Å²) >= 11 is 0. The van der Waals surface area contributed by atoms with Crippen LogP contribution in [0.3, 0.4) is 0 Å². The van der Waals surface area contributed by atoms with Crippen LogP contribution in [0.25, 0.3) is 0 Å². The molecule has 0 radical (unpaired) electrons. The van der Waals surface area contributed by atoms with E-state index in [1.807, 2.05) is 13.8 Å². The van der Waals surface area contributed by atoms with Gasteiger partial charge in [-0.3, -0.25) is 9.59 Å². The number of piperazine rings is 1. The smallest absolute Gasteiger partial charge is 0.240 e. The van der Waals surface area contributed by atoms with E-state index in [9.17, 15) is 18.4 Å². The third kappa shape index (κ3) is 5.72. The number of hydrogen-bond acceptors (Lipinski definition) is 3. The molecule has 5 nitrogen and oxygen atoms in total. The molecule has 1 saturated heterocycles. The van der Waals surface area contributed by atoms with Crippen LogP contribution in [0.1, 0.15) is 25.8 Å². The van der Waals surface area contributed by atoms with E-state index in [2.05, 4.69) is 10.6 Å². The minimum Gasteiger partial charge on any atom is -0.354 e. The van der Waals surface area contributed by atoms with E-state index < -0.39 is 17.7 Å². The quantitative estimate of drug-likeness (QED) is 0.837. The van der Waals surface area contributed by atoms with Gasteiger partial charge in [0.1, 0.15) is 11.6 Å². The van der Waals surface area contributed by atoms with E-state index in [-0.39, 0.29) is 43.2 Å². The zero-order chi connectivity index (χ0) is 17.0. The maximum atomic E-state index is 13.2. The monoisotopic (exact) mass is 361 g/mol. The van der Waals surface area contributed by atoms with Crippen LogP contribution < -0.4 is 10.6 Å². The van der Waals surface area contributed by atoms with Gasteiger partial charge in [0.05, 0.1) is 12.5 Å². The number of hydrogen-bond donors (Lipinski definition) is 2. The number of nitrogens with one attached hydrogen (secondary N) is 2. The molecule has 8 heteroatoms. The SMILES string of the molecule is CC(C)NC(=O)CC1NCCN(Cc2cc(F)cc(F)c2)C1=O.Cl. The minimum atomic E-state index is -0.671. The number of carbonyl (C=O) groups excluding carboxylic acids is 2. The van der Waals surface area contributed by atoms with E-state index >= 15 is 0 Å². The third-order valence-electron chi connectivity index (χ3n) is 3.52. The molecule has 2 amide bonds. The predicted octanol–water partition coefficient (Wildman–Crippen LogP) is 1.60. The van der Waals surface area contributed by atoms with E-state index in [4.69, 9.17) is 0 Å². The second-order valence-corrected chi connectivity index (χ2v) is 5.97. The number of benzene rings is 1. The van der Waals surface area contributed by atoms with E-state index in [0.717, 1.165) is 6.07 Å². The lowest BCUT2D eigenvalue weighted by atomic mass is 10.1. The number of carbonyl (C=O) groups is 2. The van der Waals surface area contributed by atoms with Crippen molar-refractivity contribution in [3.05, 3.63) is 35.4 Å². The van der Waals surface area contributed by atoms with E-state index in [0.29, 0.717) is 18.7 Å². The lowest BCUT2D eigenvalue weighted by Gasteiger charge is -2.33. The topological polar surface area (TPSA) is 61.4 Å². The van der Waals surface area contributed by atoms with Crippen molar-refractivity contribution in [2.45, 2.75) is 38.9 Å². The Kier molecular flexibility index (Phi) is 7.57. The van der Waals surface area contributed by atoms with Crippen LogP contribution in [0.5, 0.6) is 0 Å². The summed E-state index contributed by atoms with van der Waals surface area (Å²) in [5.74, 6) is -1.78. The molecule has 0 aliphatic carbocycles. The van der Waals surface area contributed by atoms with Crippen molar-refractivity contribution in [2.24, 2.45) is 0 Å². The Balaban J connectivity index is 0.00000288. The molecular weight excluding hydrogens is 340 g/mol. The summed E-state index contributed by atoms with van der Waals surface area (Å²) in [7, 11) is 0. The molecule has 1 aliphatic heterocycles. The molecule has 0 aromatic heterocycles. The summed E-state index contributed by atoms with van der Waals surface area (Å²) in [5.41, 5.74) is 0.392. The van der Waals surface area contributed by atoms with Gasteiger partial charge in [-0.2, -0.15) is 0 Å². The Morgan fingerprint density at radius 1 is 1.33 bits per heavy atom. The lowest BCUT2D eigenvalue weighted by Crippen LogP contribution is -2.56. The van der Waals surface area contributed by atoms with Crippen molar-refractivity contribution in [1.29, 1.82) is 0 Å². The molecule has 0 bridgehead atoms. The van der Waals surface area contributed by atoms with Gasteiger partial charge < -0.3 is 15.5 Å². The Morgan fingerprint density at radius 3 is 2.54 bits per heavy atom. The highest BCUT2D eigenvalue weighted by Gasteiger charge is 2.30. The Labute approximate surface area is 146 Å². The molecule has 1 atom stereocenters. The Morgan fingerprint density at radius 2 is 1.96 bits per heavy atom. The fourth-order valence-electron chi connectivity index (χ4n) is 2.60. The molecule has 1 fully saturated rings. The second-order valence-electron chi connectivity index (χ2n) is 5.97. The second kappa shape index (κ2) is 8.94. The zero-order valence-electron chi connectivity index (χ0n) is 13.6. The number of halogens is 3. The molecule has 1 unspecified atom stereocenters. The zero-order valence-corrected chi connectivity index (χ0v) is 14.5. The highest BCUT2D eigenvalue weighted by Crippen LogP contribution is 2.14. The highest BCUT2D eigenvalue weighted by atomic mass is 35.5. The largest absolute Gasteiger partial charge is 0.354 e. The van der Waals surface area contributed by atoms with Gasteiger partial charge in [0.25, 0.3) is 0 Å². The summed E-state index contributed by atoms with van der Waals surface area (Å²) in [5, 5.41) is 5.75. The van der Waals surface area contributed by atoms with Gasteiger partial charge in [0.2, 0.25) is 11.8 Å². The lowest BCUT2D eigenvalue weighted by molar-refractivity contribution is -0.138. The molecule has 0 saturated carbocycles. The van der Waals surface area contributed by atoms with Crippen molar-refractivity contribution >= 4 is 24.2 Å². The Bertz CT molecular complexity index is 578. The molecule has 1 heterocycles. The molecular formula is C16H22ClF2N3O2. The first-order valence-electron chi connectivity index (χ1n) is 7.61. The van der Waals surface area contributed by atoms with Gasteiger partial charge in [-0.05, 0) is 31.5 Å². The third-order valence-corrected chi connectivity index (χ3v) is 3.52. The molecule has 24 heavy (non-hydrogen) atoms. The maximum Gasteiger partial charge on any atom is 0.240 e. The molecule has 134 valence electrons. The van der Waals surface area contributed by atoms with Crippen molar-refractivity contribution in [3.8, 4) is 0 Å². The van der Waals surface area contributed by atoms with E-state index in [1.54, 1.807) is 0 Å². The van der Waals surface area contributed by atoms with Crippen LogP contribution in [0.15, 0.2) is 18.2 Å². The summed E-state index contributed by atoms with van der Waals surface area (Å²) in [6, 6.07) is 2.60. The summed E-state index contributed by atoms with van der Waals surface area (Å²) in [4.78, 5) is 25.7. The first-order chi connectivity index (χ1) is 10.8. The van der Waals surface area contributed by atoms with Crippen molar-refractivity contribution in [2.75, 3.05) is 13.1 Å². The Hall–Kier alpha value is -1.73. The average molecular weight is 362 g/mol. The number of nitrogens with zero attached hydrogens (tertiary/aromatic N) is 1. The van der Waals surface area contributed by atoms with Gasteiger partial charge in [-0.15, -0.1) is 12.4 Å². The number of rotatable bonds is 5. The number of amides is 2. The van der Waals surface area contributed by atoms with Crippen molar-refractivity contribution in [3.63, 3.8) is 0 Å². The van der Waals surface area contributed by atoms with Gasteiger partial charge in [0, 0.05) is 31.7 Å². The maximum absolute atomic E-state index is 13.2. The normalized spacial score (nSPS) is 17.6. The van der Waals surface area contributed by atoms with Crippen molar-refractivity contribution < 1.29 is 18.4 Å². The van der Waals surface area contributed by atoms with Gasteiger partial charge in [-0.1, -0.05) is 0 Å². The van der Waals surface area contributed by atoms with Crippen LogP contribution in [-0.2, 0) is 16.1 Å². The van der Waals surface area contributed by atoms with Gasteiger partial charge in [0.15, 0.2) is 0 Å². The predicted molar refractivity (Wildman–Crippen MR) is 88.7 cm³/mol. The molecule has 1 aromatic carbocycles. The van der Waals surface area contributed by atoms with Crippen LogP contribution in [-0.4, -0.2) is 41.9 Å². The van der Waals surface area contributed by atoms with E-state index in [1.165, 1.54) is 17.0 Å². The van der Waals surface area contributed by atoms with Crippen LogP contribution in [0.4, 0.5) is 8.78 Å². The first-order valence-corrected chi connectivity index (χ1v) is 7.61. The van der Waals surface area contributed by atoms with Crippen LogP contribution in [0, 0.1) is 11.6 Å². The van der Waals surface area contributed by atoms with Crippen LogP contribution in [0.2, 0.25) is 0 Å².